The first-order valence-corrected chi connectivity index (χ1v) is 6.43. The molecular formula is C13H16BrN3. The molecule has 4 heteroatoms. The first-order valence-electron chi connectivity index (χ1n) is 5.64. The third kappa shape index (κ3) is 2.96. The number of aromatic nitrogens is 2. The normalized spacial score (nSPS) is 10.8. The molecule has 0 bridgehead atoms. The lowest BCUT2D eigenvalue weighted by Gasteiger charge is -2.03. The van der Waals surface area contributed by atoms with Crippen LogP contribution < -0.4 is 5.32 Å². The van der Waals surface area contributed by atoms with Crippen molar-refractivity contribution in [2.24, 2.45) is 0 Å². The largest absolute Gasteiger partial charge is 0.318 e. The van der Waals surface area contributed by atoms with Crippen molar-refractivity contribution >= 4 is 15.9 Å². The molecule has 0 amide bonds. The van der Waals surface area contributed by atoms with Crippen LogP contribution in [0.4, 0.5) is 0 Å². The van der Waals surface area contributed by atoms with Crippen molar-refractivity contribution in [3.8, 4) is 11.1 Å². The number of hydrogen-bond donors (Lipinski definition) is 1. The highest BCUT2D eigenvalue weighted by atomic mass is 79.9. The van der Waals surface area contributed by atoms with Gasteiger partial charge in [0.1, 0.15) is 0 Å². The minimum atomic E-state index is 0.895. The Morgan fingerprint density at radius 3 is 2.94 bits per heavy atom. The number of benzene rings is 1. The van der Waals surface area contributed by atoms with Gasteiger partial charge in [-0.1, -0.05) is 22.0 Å². The van der Waals surface area contributed by atoms with Crippen LogP contribution in [-0.4, -0.2) is 23.4 Å². The van der Waals surface area contributed by atoms with Gasteiger partial charge in [0.2, 0.25) is 0 Å². The molecule has 1 N–H and O–H groups in total. The van der Waals surface area contributed by atoms with Crippen molar-refractivity contribution in [2.45, 2.75) is 13.5 Å². The lowest BCUT2D eigenvalue weighted by molar-refractivity contribution is 0.585. The molecule has 0 unspecified atom stereocenters. The fraction of sp³-hybridized carbons (Fsp3) is 0.308. The van der Waals surface area contributed by atoms with Crippen molar-refractivity contribution in [2.75, 3.05) is 13.6 Å². The lowest BCUT2D eigenvalue weighted by Crippen LogP contribution is -2.14. The second-order valence-corrected chi connectivity index (χ2v) is 4.97. The van der Waals surface area contributed by atoms with E-state index in [4.69, 9.17) is 0 Å². The SMILES string of the molecule is CNCCn1cc(-c2ccc(Br)cc2C)cn1. The summed E-state index contributed by atoms with van der Waals surface area (Å²) in [5.41, 5.74) is 3.67. The van der Waals surface area contributed by atoms with E-state index in [1.807, 2.05) is 17.9 Å². The minimum absolute atomic E-state index is 0.895. The maximum absolute atomic E-state index is 4.36. The van der Waals surface area contributed by atoms with E-state index < -0.39 is 0 Å². The summed E-state index contributed by atoms with van der Waals surface area (Å²) in [6, 6.07) is 6.31. The summed E-state index contributed by atoms with van der Waals surface area (Å²) in [5, 5.41) is 7.48. The summed E-state index contributed by atoms with van der Waals surface area (Å²) in [5.74, 6) is 0. The third-order valence-corrected chi connectivity index (χ3v) is 3.22. The van der Waals surface area contributed by atoms with Crippen LogP contribution in [0, 0.1) is 6.92 Å². The third-order valence-electron chi connectivity index (χ3n) is 2.72. The van der Waals surface area contributed by atoms with E-state index in [-0.39, 0.29) is 0 Å². The molecule has 1 heterocycles. The summed E-state index contributed by atoms with van der Waals surface area (Å²) in [7, 11) is 1.95. The molecule has 0 fully saturated rings. The molecule has 0 radical (unpaired) electrons. The number of nitrogens with one attached hydrogen (secondary N) is 1. The number of halogens is 1. The van der Waals surface area contributed by atoms with Crippen molar-refractivity contribution in [1.29, 1.82) is 0 Å². The molecule has 0 spiro atoms. The van der Waals surface area contributed by atoms with Gasteiger partial charge in [-0.05, 0) is 37.2 Å². The molecule has 17 heavy (non-hydrogen) atoms. The van der Waals surface area contributed by atoms with Gasteiger partial charge in [0.05, 0.1) is 12.7 Å². The molecule has 0 aliphatic heterocycles. The van der Waals surface area contributed by atoms with Gasteiger partial charge >= 0.3 is 0 Å². The average Bonchev–Trinajstić information content (AvgIpc) is 2.75. The Bertz CT molecular complexity index is 505. The zero-order valence-corrected chi connectivity index (χ0v) is 11.7. The van der Waals surface area contributed by atoms with Gasteiger partial charge in [0.15, 0.2) is 0 Å². The van der Waals surface area contributed by atoms with Crippen molar-refractivity contribution in [3.63, 3.8) is 0 Å². The summed E-state index contributed by atoms with van der Waals surface area (Å²) >= 11 is 3.48. The number of nitrogens with zero attached hydrogens (tertiary/aromatic N) is 2. The first kappa shape index (κ1) is 12.3. The van der Waals surface area contributed by atoms with Crippen molar-refractivity contribution < 1.29 is 0 Å². The monoisotopic (exact) mass is 293 g/mol. The van der Waals surface area contributed by atoms with Gasteiger partial charge in [0, 0.05) is 22.8 Å². The molecule has 0 atom stereocenters. The molecule has 90 valence electrons. The van der Waals surface area contributed by atoms with E-state index >= 15 is 0 Å². The average molecular weight is 294 g/mol. The highest BCUT2D eigenvalue weighted by Crippen LogP contribution is 2.25. The Kier molecular flexibility index (Phi) is 3.97. The van der Waals surface area contributed by atoms with Crippen molar-refractivity contribution in [1.82, 2.24) is 15.1 Å². The number of aryl methyl sites for hydroxylation is 1. The van der Waals surface area contributed by atoms with Gasteiger partial charge < -0.3 is 5.32 Å². The summed E-state index contributed by atoms with van der Waals surface area (Å²) in [6.45, 7) is 3.94. The maximum Gasteiger partial charge on any atom is 0.0568 e. The van der Waals surface area contributed by atoms with Crippen molar-refractivity contribution in [3.05, 3.63) is 40.6 Å². The number of hydrogen-bond acceptors (Lipinski definition) is 2. The quantitative estimate of drug-likeness (QED) is 0.939. The Morgan fingerprint density at radius 2 is 2.24 bits per heavy atom. The van der Waals surface area contributed by atoms with Crippen LogP contribution >= 0.6 is 15.9 Å². The van der Waals surface area contributed by atoms with Crippen LogP contribution in [0.15, 0.2) is 35.1 Å². The van der Waals surface area contributed by atoms with Crippen LogP contribution in [0.5, 0.6) is 0 Å². The molecule has 0 saturated heterocycles. The van der Waals surface area contributed by atoms with Gasteiger partial charge in [0.25, 0.3) is 0 Å². The Morgan fingerprint density at radius 1 is 1.41 bits per heavy atom. The van der Waals surface area contributed by atoms with E-state index in [1.54, 1.807) is 0 Å². The van der Waals surface area contributed by atoms with Crippen LogP contribution in [0.25, 0.3) is 11.1 Å². The van der Waals surface area contributed by atoms with E-state index in [0.29, 0.717) is 0 Å². The van der Waals surface area contributed by atoms with E-state index in [0.717, 1.165) is 17.6 Å². The molecule has 1 aromatic carbocycles. The van der Waals surface area contributed by atoms with Crippen LogP contribution in [0.3, 0.4) is 0 Å². The smallest absolute Gasteiger partial charge is 0.0568 e. The van der Waals surface area contributed by atoms with E-state index in [9.17, 15) is 0 Å². The zero-order chi connectivity index (χ0) is 12.3. The standard InChI is InChI=1S/C13H16BrN3/c1-10-7-12(14)3-4-13(10)11-8-16-17(9-11)6-5-15-2/h3-4,7-9,15H,5-6H2,1-2H3. The van der Waals surface area contributed by atoms with E-state index in [1.165, 1.54) is 16.7 Å². The molecule has 2 aromatic rings. The predicted molar refractivity (Wildman–Crippen MR) is 74.0 cm³/mol. The van der Waals surface area contributed by atoms with E-state index in [2.05, 4.69) is 57.7 Å². The topological polar surface area (TPSA) is 29.9 Å². The fourth-order valence-electron chi connectivity index (χ4n) is 1.80. The van der Waals surface area contributed by atoms with Gasteiger partial charge in [-0.2, -0.15) is 5.10 Å². The molecule has 0 aliphatic rings. The molecular weight excluding hydrogens is 278 g/mol. The Balaban J connectivity index is 2.24. The Hall–Kier alpha value is -1.13. The number of rotatable bonds is 4. The van der Waals surface area contributed by atoms with Crippen LogP contribution in [0.1, 0.15) is 5.56 Å². The molecule has 1 aromatic heterocycles. The van der Waals surface area contributed by atoms with Crippen LogP contribution in [0.2, 0.25) is 0 Å². The van der Waals surface area contributed by atoms with Crippen LogP contribution in [-0.2, 0) is 6.54 Å². The summed E-state index contributed by atoms with van der Waals surface area (Å²) < 4.78 is 3.08. The molecule has 2 rings (SSSR count). The molecule has 0 saturated carbocycles. The zero-order valence-electron chi connectivity index (χ0n) is 10.1. The maximum atomic E-state index is 4.36. The highest BCUT2D eigenvalue weighted by Gasteiger charge is 2.05. The van der Waals surface area contributed by atoms with Gasteiger partial charge in [-0.25, -0.2) is 0 Å². The molecule has 0 aliphatic carbocycles. The summed E-state index contributed by atoms with van der Waals surface area (Å²) in [6.07, 6.45) is 4.01. The second kappa shape index (κ2) is 5.47. The van der Waals surface area contributed by atoms with Gasteiger partial charge in [-0.15, -0.1) is 0 Å². The van der Waals surface area contributed by atoms with Gasteiger partial charge in [-0.3, -0.25) is 4.68 Å². The highest BCUT2D eigenvalue weighted by molar-refractivity contribution is 9.10. The second-order valence-electron chi connectivity index (χ2n) is 4.05. The summed E-state index contributed by atoms with van der Waals surface area (Å²) in [4.78, 5) is 0. The Labute approximate surface area is 110 Å². The molecule has 3 nitrogen and oxygen atoms in total. The number of likely N-dealkylation sites (N-methyl/N-ethyl adjacent to an activating group) is 1. The predicted octanol–water partition coefficient (Wildman–Crippen LogP) is 2.84. The lowest BCUT2D eigenvalue weighted by atomic mass is 10.0. The fourth-order valence-corrected chi connectivity index (χ4v) is 2.28. The first-order chi connectivity index (χ1) is 8.20. The minimum Gasteiger partial charge on any atom is -0.318 e.